The first-order valence-corrected chi connectivity index (χ1v) is 12.3. The molecular formula is C22H19F5N6O3S2. The second-order valence-electron chi connectivity index (χ2n) is 8.01. The molecular weight excluding hydrogens is 555 g/mol. The smallest absolute Gasteiger partial charge is 0.419 e. The van der Waals surface area contributed by atoms with E-state index in [9.17, 15) is 26.7 Å². The predicted molar refractivity (Wildman–Crippen MR) is 131 cm³/mol. The van der Waals surface area contributed by atoms with Crippen LogP contribution in [0.15, 0.2) is 48.0 Å². The Bertz CT molecular complexity index is 1350. The van der Waals surface area contributed by atoms with Crippen molar-refractivity contribution >= 4 is 46.0 Å². The van der Waals surface area contributed by atoms with Gasteiger partial charge in [-0.15, -0.1) is 21.5 Å². The van der Waals surface area contributed by atoms with Crippen molar-refractivity contribution in [3.05, 3.63) is 53.8 Å². The highest BCUT2D eigenvalue weighted by molar-refractivity contribution is 7.81. The van der Waals surface area contributed by atoms with Crippen LogP contribution in [0.3, 0.4) is 0 Å². The number of hydrogen-bond acceptors (Lipinski definition) is 9. The molecule has 0 bridgehead atoms. The van der Waals surface area contributed by atoms with E-state index in [-0.39, 0.29) is 17.5 Å². The number of fused-ring (bicyclic) bond motifs is 1. The highest BCUT2D eigenvalue weighted by Crippen LogP contribution is 2.34. The van der Waals surface area contributed by atoms with Crippen molar-refractivity contribution in [2.24, 2.45) is 0 Å². The van der Waals surface area contributed by atoms with Gasteiger partial charge < -0.3 is 9.47 Å². The molecule has 0 radical (unpaired) electrons. The van der Waals surface area contributed by atoms with Crippen molar-refractivity contribution in [3.63, 3.8) is 0 Å². The van der Waals surface area contributed by atoms with Gasteiger partial charge in [-0.3, -0.25) is 4.90 Å². The lowest BCUT2D eigenvalue weighted by Crippen LogP contribution is -2.38. The van der Waals surface area contributed by atoms with Gasteiger partial charge in [0.1, 0.15) is 17.9 Å². The first kappa shape index (κ1) is 27.5. The Balaban J connectivity index is 1.46. The van der Waals surface area contributed by atoms with Crippen LogP contribution in [0.4, 0.5) is 32.4 Å². The zero-order valence-corrected chi connectivity index (χ0v) is 20.9. The van der Waals surface area contributed by atoms with E-state index in [2.05, 4.69) is 43.0 Å². The number of hydrogen-bond donors (Lipinski definition) is 2. The molecule has 0 saturated carbocycles. The molecule has 0 aliphatic rings. The first-order chi connectivity index (χ1) is 18.0. The van der Waals surface area contributed by atoms with Crippen LogP contribution in [0.2, 0.25) is 0 Å². The number of rotatable bonds is 10. The number of benzene rings is 2. The number of tetrazole rings is 1. The summed E-state index contributed by atoms with van der Waals surface area (Å²) in [6.07, 6.45) is -11.8. The number of H-pyrrole nitrogens is 1. The molecule has 9 nitrogen and oxygen atoms in total. The molecule has 0 aliphatic heterocycles. The highest BCUT2D eigenvalue weighted by atomic mass is 32.1. The summed E-state index contributed by atoms with van der Waals surface area (Å²) in [7, 11) is 0. The minimum atomic E-state index is -5.11. The summed E-state index contributed by atoms with van der Waals surface area (Å²) < 4.78 is 74.4. The maximum atomic E-state index is 13.5. The molecule has 0 aliphatic carbocycles. The third-order valence-electron chi connectivity index (χ3n) is 5.03. The minimum Gasteiger partial charge on any atom is -0.432 e. The second-order valence-corrected chi connectivity index (χ2v) is 9.62. The van der Waals surface area contributed by atoms with Crippen LogP contribution >= 0.6 is 24.0 Å². The summed E-state index contributed by atoms with van der Waals surface area (Å²) in [6.45, 7) is 0.134. The first-order valence-electron chi connectivity index (χ1n) is 10.9. The molecule has 4 rings (SSSR count). The number of thiol groups is 1. The van der Waals surface area contributed by atoms with Gasteiger partial charge in [0.15, 0.2) is 5.82 Å². The highest BCUT2D eigenvalue weighted by Gasteiger charge is 2.45. The number of aryl methyl sites for hydroxylation is 1. The average Bonchev–Trinajstić information content (AvgIpc) is 3.52. The van der Waals surface area contributed by atoms with Crippen molar-refractivity contribution in [1.29, 1.82) is 0 Å². The van der Waals surface area contributed by atoms with Crippen molar-refractivity contribution in [3.8, 4) is 11.5 Å². The Hall–Kier alpha value is -3.53. The van der Waals surface area contributed by atoms with Gasteiger partial charge in [-0.25, -0.2) is 9.78 Å². The van der Waals surface area contributed by atoms with E-state index in [0.29, 0.717) is 24.4 Å². The van der Waals surface area contributed by atoms with Crippen LogP contribution < -0.4 is 14.4 Å². The van der Waals surface area contributed by atoms with E-state index in [1.807, 2.05) is 0 Å². The van der Waals surface area contributed by atoms with Crippen LogP contribution in [-0.2, 0) is 6.42 Å². The molecule has 2 aromatic carbocycles. The molecule has 1 unspecified atom stereocenters. The number of aromatic amines is 1. The summed E-state index contributed by atoms with van der Waals surface area (Å²) in [5.41, 5.74) is 2.94. The standard InChI is InChI=1S/C22H19F5N6O3S2/c23-21(24,25)11-22(26,27)36-15-4-2-14(3-5-15)35-20(34)33(10-16(37)6-8-19-29-31-32-30-19)13-1-7-17-18(9-13)38-12-28-17/h1-5,7,9,12,16,37H,6,8,10-11H2,(H,29,30,31,32). The molecule has 1 N–H and O–H groups in total. The number of nitrogens with one attached hydrogen (secondary N) is 1. The van der Waals surface area contributed by atoms with E-state index in [0.717, 1.165) is 34.5 Å². The molecule has 1 atom stereocenters. The van der Waals surface area contributed by atoms with Crippen LogP contribution in [0.1, 0.15) is 18.7 Å². The maximum Gasteiger partial charge on any atom is 0.419 e. The molecule has 0 spiro atoms. The van der Waals surface area contributed by atoms with Gasteiger partial charge in [-0.05, 0) is 48.9 Å². The summed E-state index contributed by atoms with van der Waals surface area (Å²) in [5, 5.41) is 13.3. The fraction of sp³-hybridized carbons (Fsp3) is 0.318. The Morgan fingerprint density at radius 2 is 1.84 bits per heavy atom. The normalized spacial score (nSPS) is 12.9. The summed E-state index contributed by atoms with van der Waals surface area (Å²) in [4.78, 5) is 18.7. The summed E-state index contributed by atoms with van der Waals surface area (Å²) in [5.74, 6) is -0.0660. The van der Waals surface area contributed by atoms with Gasteiger partial charge in [-0.2, -0.15) is 39.8 Å². The van der Waals surface area contributed by atoms with Crippen molar-refractivity contribution in [1.82, 2.24) is 25.6 Å². The zero-order valence-electron chi connectivity index (χ0n) is 19.2. The van der Waals surface area contributed by atoms with Gasteiger partial charge in [-0.1, -0.05) is 5.21 Å². The number of anilines is 1. The summed E-state index contributed by atoms with van der Waals surface area (Å²) >= 11 is 5.97. The van der Waals surface area contributed by atoms with Crippen molar-refractivity contribution in [2.45, 2.75) is 36.8 Å². The lowest BCUT2D eigenvalue weighted by Gasteiger charge is -2.25. The van der Waals surface area contributed by atoms with Gasteiger partial charge in [0, 0.05) is 23.9 Å². The number of aromatic nitrogens is 5. The Kier molecular flexibility index (Phi) is 8.30. The van der Waals surface area contributed by atoms with E-state index in [1.165, 1.54) is 16.2 Å². The maximum absolute atomic E-state index is 13.5. The van der Waals surface area contributed by atoms with Crippen molar-refractivity contribution < 1.29 is 36.2 Å². The number of nitrogens with zero attached hydrogens (tertiary/aromatic N) is 5. The van der Waals surface area contributed by atoms with Crippen LogP contribution in [0.5, 0.6) is 11.5 Å². The molecule has 1 amide bonds. The lowest BCUT2D eigenvalue weighted by molar-refractivity contribution is -0.255. The van der Waals surface area contributed by atoms with E-state index < -0.39 is 30.5 Å². The number of carbonyl (C=O) groups excluding carboxylic acids is 1. The fourth-order valence-electron chi connectivity index (χ4n) is 3.36. The molecule has 38 heavy (non-hydrogen) atoms. The minimum absolute atomic E-state index is 0.0344. The number of ether oxygens (including phenoxy) is 2. The number of halogens is 5. The number of carbonyl (C=O) groups is 1. The topological polar surface area (TPSA) is 106 Å². The quantitative estimate of drug-likeness (QED) is 0.186. The zero-order chi connectivity index (χ0) is 27.3. The van der Waals surface area contributed by atoms with E-state index in [4.69, 9.17) is 4.74 Å². The Morgan fingerprint density at radius 1 is 1.11 bits per heavy atom. The van der Waals surface area contributed by atoms with Crippen molar-refractivity contribution in [2.75, 3.05) is 11.4 Å². The van der Waals surface area contributed by atoms with Gasteiger partial charge >= 0.3 is 18.4 Å². The van der Waals surface area contributed by atoms with E-state index in [1.54, 1.807) is 23.7 Å². The van der Waals surface area contributed by atoms with Gasteiger partial charge in [0.2, 0.25) is 0 Å². The molecule has 202 valence electrons. The molecule has 2 heterocycles. The Morgan fingerprint density at radius 3 is 2.53 bits per heavy atom. The molecule has 2 aromatic heterocycles. The lowest BCUT2D eigenvalue weighted by atomic mass is 10.2. The van der Waals surface area contributed by atoms with Gasteiger partial charge in [0.05, 0.1) is 15.7 Å². The SMILES string of the molecule is O=C(Oc1ccc(OC(F)(F)CC(F)(F)F)cc1)N(CC(S)CCc1nn[nH]n1)c1ccc2ncsc2c1. The molecule has 16 heteroatoms. The number of alkyl halides is 5. The Labute approximate surface area is 221 Å². The summed E-state index contributed by atoms with van der Waals surface area (Å²) in [6, 6.07) is 9.45. The van der Waals surface area contributed by atoms with E-state index >= 15 is 0 Å². The number of thiazole rings is 1. The van der Waals surface area contributed by atoms with Crippen LogP contribution in [0, 0.1) is 0 Å². The third kappa shape index (κ3) is 7.74. The largest absolute Gasteiger partial charge is 0.432 e. The molecule has 4 aromatic rings. The molecule has 0 fully saturated rings. The number of amides is 1. The van der Waals surface area contributed by atoms with Crippen LogP contribution in [0.25, 0.3) is 10.2 Å². The predicted octanol–water partition coefficient (Wildman–Crippen LogP) is 5.67. The average molecular weight is 575 g/mol. The van der Waals surface area contributed by atoms with Crippen LogP contribution in [-0.4, -0.2) is 55.8 Å². The monoisotopic (exact) mass is 574 g/mol. The fourth-order valence-corrected chi connectivity index (χ4v) is 4.36. The third-order valence-corrected chi connectivity index (χ3v) is 6.25. The van der Waals surface area contributed by atoms with Gasteiger partial charge in [0.25, 0.3) is 0 Å². The second kappa shape index (κ2) is 11.5. The molecule has 0 saturated heterocycles.